The van der Waals surface area contributed by atoms with Crippen molar-refractivity contribution in [3.8, 4) is 11.5 Å². The Morgan fingerprint density at radius 3 is 2.11 bits per heavy atom. The number of ketones is 1. The van der Waals surface area contributed by atoms with E-state index in [0.29, 0.717) is 47.4 Å². The Hall–Kier alpha value is -4.06. The van der Waals surface area contributed by atoms with Crippen molar-refractivity contribution < 1.29 is 24.2 Å². The van der Waals surface area contributed by atoms with E-state index in [4.69, 9.17) is 9.47 Å². The maximum Gasteiger partial charge on any atom is 0.300 e. The molecule has 0 aliphatic carbocycles. The molecule has 1 heterocycles. The van der Waals surface area contributed by atoms with Gasteiger partial charge in [0, 0.05) is 11.3 Å². The molecule has 0 saturated carbocycles. The van der Waals surface area contributed by atoms with Crippen molar-refractivity contribution in [1.29, 1.82) is 0 Å². The normalized spacial score (nSPS) is 17.0. The van der Waals surface area contributed by atoms with Gasteiger partial charge in [-0.05, 0) is 66.4 Å². The van der Waals surface area contributed by atoms with Gasteiger partial charge in [-0.3, -0.25) is 14.5 Å². The van der Waals surface area contributed by atoms with Crippen LogP contribution in [0.3, 0.4) is 0 Å². The van der Waals surface area contributed by atoms with Crippen molar-refractivity contribution in [1.82, 2.24) is 0 Å². The fourth-order valence-electron chi connectivity index (χ4n) is 4.10. The maximum atomic E-state index is 13.3. The molecule has 1 amide bonds. The number of anilines is 1. The van der Waals surface area contributed by atoms with Crippen molar-refractivity contribution in [2.75, 3.05) is 18.1 Å². The van der Waals surface area contributed by atoms with Gasteiger partial charge in [-0.2, -0.15) is 0 Å². The predicted octanol–water partition coefficient (Wildman–Crippen LogP) is 6.14. The first-order chi connectivity index (χ1) is 17.4. The molecule has 186 valence electrons. The Bertz CT molecular complexity index is 1230. The highest BCUT2D eigenvalue weighted by molar-refractivity contribution is 6.51. The standard InChI is InChI=1S/C30H31NO5/c1-4-18-35-24-14-10-21(11-15-24)27-26(29(33)30(34)31(27)23-8-6-5-7-9-23)28(32)22-12-16-25(17-13-22)36-19-20(2)3/h5-17,20,27,32H,4,18-19H2,1-3H3/b28-26-. The first-order valence-electron chi connectivity index (χ1n) is 12.2. The number of rotatable bonds is 9. The number of carbonyl (C=O) groups excluding carboxylic acids is 2. The van der Waals surface area contributed by atoms with Crippen molar-refractivity contribution in [3.05, 3.63) is 95.6 Å². The molecule has 1 N–H and O–H groups in total. The van der Waals surface area contributed by atoms with E-state index in [1.54, 1.807) is 36.4 Å². The Balaban J connectivity index is 1.77. The van der Waals surface area contributed by atoms with Crippen molar-refractivity contribution >= 4 is 23.1 Å². The van der Waals surface area contributed by atoms with Crippen LogP contribution in [0.25, 0.3) is 5.76 Å². The zero-order valence-electron chi connectivity index (χ0n) is 20.8. The van der Waals surface area contributed by atoms with Crippen molar-refractivity contribution in [3.63, 3.8) is 0 Å². The van der Waals surface area contributed by atoms with E-state index in [1.165, 1.54) is 4.90 Å². The summed E-state index contributed by atoms with van der Waals surface area (Å²) in [5.74, 6) is 0.117. The molecule has 0 radical (unpaired) electrons. The number of ether oxygens (including phenoxy) is 2. The van der Waals surface area contributed by atoms with Gasteiger partial charge in [-0.1, -0.05) is 51.1 Å². The number of para-hydroxylation sites is 1. The molecule has 1 atom stereocenters. The molecule has 4 rings (SSSR count). The monoisotopic (exact) mass is 485 g/mol. The smallest absolute Gasteiger partial charge is 0.300 e. The van der Waals surface area contributed by atoms with Crippen LogP contribution in [0, 0.1) is 5.92 Å². The van der Waals surface area contributed by atoms with Gasteiger partial charge in [0.05, 0.1) is 24.8 Å². The van der Waals surface area contributed by atoms with Crippen LogP contribution in [-0.2, 0) is 9.59 Å². The van der Waals surface area contributed by atoms with E-state index in [9.17, 15) is 14.7 Å². The topological polar surface area (TPSA) is 76.1 Å². The summed E-state index contributed by atoms with van der Waals surface area (Å²) in [5.41, 5.74) is 1.75. The summed E-state index contributed by atoms with van der Waals surface area (Å²) in [6.45, 7) is 7.33. The third-order valence-corrected chi connectivity index (χ3v) is 5.86. The minimum atomic E-state index is -0.788. The van der Waals surface area contributed by atoms with Crippen LogP contribution in [0.5, 0.6) is 11.5 Å². The van der Waals surface area contributed by atoms with Gasteiger partial charge >= 0.3 is 0 Å². The van der Waals surface area contributed by atoms with Crippen molar-refractivity contribution in [2.24, 2.45) is 5.92 Å². The number of nitrogens with zero attached hydrogens (tertiary/aromatic N) is 1. The lowest BCUT2D eigenvalue weighted by Crippen LogP contribution is -2.29. The fourth-order valence-corrected chi connectivity index (χ4v) is 4.10. The second-order valence-electron chi connectivity index (χ2n) is 9.15. The van der Waals surface area contributed by atoms with Gasteiger partial charge in [0.15, 0.2) is 0 Å². The molecule has 36 heavy (non-hydrogen) atoms. The molecule has 1 unspecified atom stereocenters. The summed E-state index contributed by atoms with van der Waals surface area (Å²) >= 11 is 0. The zero-order chi connectivity index (χ0) is 25.7. The molecule has 3 aromatic carbocycles. The number of carbonyl (C=O) groups is 2. The van der Waals surface area contributed by atoms with E-state index in [2.05, 4.69) is 13.8 Å². The number of hydrogen-bond donors (Lipinski definition) is 1. The number of Topliss-reactive ketones (excluding diaryl/α,β-unsaturated/α-hetero) is 1. The van der Waals surface area contributed by atoms with Gasteiger partial charge in [0.1, 0.15) is 17.3 Å². The summed E-state index contributed by atoms with van der Waals surface area (Å²) in [7, 11) is 0. The van der Waals surface area contributed by atoms with Crippen LogP contribution in [0.2, 0.25) is 0 Å². The summed E-state index contributed by atoms with van der Waals surface area (Å²) in [6.07, 6.45) is 0.886. The molecule has 6 heteroatoms. The van der Waals surface area contributed by atoms with E-state index in [0.717, 1.165) is 6.42 Å². The largest absolute Gasteiger partial charge is 0.507 e. The second-order valence-corrected chi connectivity index (χ2v) is 9.15. The zero-order valence-corrected chi connectivity index (χ0v) is 20.8. The van der Waals surface area contributed by atoms with Crippen molar-refractivity contribution in [2.45, 2.75) is 33.2 Å². The molecular weight excluding hydrogens is 454 g/mol. The van der Waals surface area contributed by atoms with Crippen LogP contribution < -0.4 is 14.4 Å². The fraction of sp³-hybridized carbons (Fsp3) is 0.267. The summed E-state index contributed by atoms with van der Waals surface area (Å²) < 4.78 is 11.4. The Morgan fingerprint density at radius 2 is 1.50 bits per heavy atom. The minimum absolute atomic E-state index is 0.0435. The quantitative estimate of drug-likeness (QED) is 0.224. The van der Waals surface area contributed by atoms with Gasteiger partial charge in [0.25, 0.3) is 11.7 Å². The molecule has 0 spiro atoms. The lowest BCUT2D eigenvalue weighted by molar-refractivity contribution is -0.132. The average molecular weight is 486 g/mol. The van der Waals surface area contributed by atoms with E-state index >= 15 is 0 Å². The third-order valence-electron chi connectivity index (χ3n) is 5.86. The molecule has 0 bridgehead atoms. The highest BCUT2D eigenvalue weighted by atomic mass is 16.5. The molecule has 1 saturated heterocycles. The molecule has 1 aliphatic rings. The Kier molecular flexibility index (Phi) is 7.74. The van der Waals surface area contributed by atoms with E-state index in [-0.39, 0.29) is 11.3 Å². The number of hydrogen-bond acceptors (Lipinski definition) is 5. The van der Waals surface area contributed by atoms with Crippen LogP contribution in [0.1, 0.15) is 44.4 Å². The first kappa shape index (κ1) is 25.0. The molecule has 1 aliphatic heterocycles. The maximum absolute atomic E-state index is 13.3. The predicted molar refractivity (Wildman–Crippen MR) is 140 cm³/mol. The van der Waals surface area contributed by atoms with Gasteiger partial charge in [0.2, 0.25) is 0 Å². The number of aliphatic hydroxyl groups is 1. The van der Waals surface area contributed by atoms with Gasteiger partial charge in [-0.15, -0.1) is 0 Å². The third kappa shape index (κ3) is 5.28. The van der Waals surface area contributed by atoms with Gasteiger partial charge in [-0.25, -0.2) is 0 Å². The van der Waals surface area contributed by atoms with E-state index in [1.807, 2.05) is 49.4 Å². The first-order valence-corrected chi connectivity index (χ1v) is 12.2. The van der Waals surface area contributed by atoms with Gasteiger partial charge < -0.3 is 14.6 Å². The summed E-state index contributed by atoms with van der Waals surface area (Å²) in [5, 5.41) is 11.3. The minimum Gasteiger partial charge on any atom is -0.507 e. The van der Waals surface area contributed by atoms with Crippen LogP contribution in [0.15, 0.2) is 84.4 Å². The van der Waals surface area contributed by atoms with Crippen LogP contribution in [-0.4, -0.2) is 30.0 Å². The highest BCUT2D eigenvalue weighted by Crippen LogP contribution is 2.42. The summed E-state index contributed by atoms with van der Waals surface area (Å²) in [6, 6.07) is 22.4. The number of aliphatic hydroxyl groups excluding tert-OH is 1. The number of amides is 1. The molecule has 1 fully saturated rings. The molecular formula is C30H31NO5. The molecule has 6 nitrogen and oxygen atoms in total. The number of benzene rings is 3. The van der Waals surface area contributed by atoms with E-state index < -0.39 is 17.7 Å². The second kappa shape index (κ2) is 11.1. The SMILES string of the molecule is CCCOc1ccc(C2/C(=C(/O)c3ccc(OCC(C)C)cc3)C(=O)C(=O)N2c2ccccc2)cc1. The van der Waals surface area contributed by atoms with Crippen LogP contribution >= 0.6 is 0 Å². The van der Waals surface area contributed by atoms with Crippen LogP contribution in [0.4, 0.5) is 5.69 Å². The average Bonchev–Trinajstić information content (AvgIpc) is 3.17. The Labute approximate surface area is 211 Å². The summed E-state index contributed by atoms with van der Waals surface area (Å²) in [4.78, 5) is 28.0. The molecule has 3 aromatic rings. The lowest BCUT2D eigenvalue weighted by atomic mass is 9.95. The molecule has 0 aromatic heterocycles. The lowest BCUT2D eigenvalue weighted by Gasteiger charge is -2.25. The highest BCUT2D eigenvalue weighted by Gasteiger charge is 2.46. The Morgan fingerprint density at radius 1 is 0.889 bits per heavy atom.